The van der Waals surface area contributed by atoms with Crippen LogP contribution in [0.4, 0.5) is 0 Å². The molecular formula is C43H27N3O2. The van der Waals surface area contributed by atoms with Crippen LogP contribution in [0.25, 0.3) is 65.8 Å². The van der Waals surface area contributed by atoms with Gasteiger partial charge in [0.1, 0.15) is 34.0 Å². The van der Waals surface area contributed by atoms with Gasteiger partial charge in [0.05, 0.1) is 0 Å². The van der Waals surface area contributed by atoms with Gasteiger partial charge in [-0.25, -0.2) is 9.98 Å². The molecule has 0 aliphatic carbocycles. The highest BCUT2D eigenvalue weighted by Crippen LogP contribution is 2.39. The molecule has 0 spiro atoms. The summed E-state index contributed by atoms with van der Waals surface area (Å²) in [5.74, 6) is 1.51. The summed E-state index contributed by atoms with van der Waals surface area (Å²) in [6.07, 6.45) is -0.505. The Labute approximate surface area is 275 Å². The SMILES string of the molecule is c1ccc(C2=NC(c3cccc4oc5cc(-c6ccc7ccccc7c6)ccc5c34)N=C(c3cccc4oc5ccccc5c34)N2)cc1. The molecule has 2 aromatic heterocycles. The quantitative estimate of drug-likeness (QED) is 0.214. The van der Waals surface area contributed by atoms with Gasteiger partial charge < -0.3 is 14.2 Å². The van der Waals surface area contributed by atoms with E-state index < -0.39 is 6.17 Å². The van der Waals surface area contributed by atoms with Crippen molar-refractivity contribution in [1.82, 2.24) is 5.32 Å². The first-order chi connectivity index (χ1) is 23.8. The van der Waals surface area contributed by atoms with Crippen molar-refractivity contribution >= 4 is 66.3 Å². The van der Waals surface area contributed by atoms with Gasteiger partial charge >= 0.3 is 0 Å². The minimum Gasteiger partial charge on any atom is -0.456 e. The van der Waals surface area contributed by atoms with Crippen LogP contribution in [-0.4, -0.2) is 11.7 Å². The Morgan fingerprint density at radius 3 is 2.02 bits per heavy atom. The van der Waals surface area contributed by atoms with Gasteiger partial charge in [0.15, 0.2) is 6.17 Å². The number of rotatable bonds is 4. The van der Waals surface area contributed by atoms with Gasteiger partial charge in [-0.2, -0.15) is 0 Å². The summed E-state index contributed by atoms with van der Waals surface area (Å²) >= 11 is 0. The zero-order chi connectivity index (χ0) is 31.6. The fourth-order valence-corrected chi connectivity index (χ4v) is 7.06. The zero-order valence-corrected chi connectivity index (χ0v) is 25.7. The number of nitrogens with one attached hydrogen (secondary N) is 1. The predicted octanol–water partition coefficient (Wildman–Crippen LogP) is 10.8. The van der Waals surface area contributed by atoms with E-state index in [2.05, 4.69) is 96.3 Å². The molecule has 0 amide bonds. The normalized spacial score (nSPS) is 14.9. The van der Waals surface area contributed by atoms with Crippen molar-refractivity contribution < 1.29 is 8.83 Å². The number of benzene rings is 7. The molecule has 1 unspecified atom stereocenters. The van der Waals surface area contributed by atoms with Gasteiger partial charge in [-0.3, -0.25) is 0 Å². The van der Waals surface area contributed by atoms with Crippen LogP contribution in [0, 0.1) is 0 Å². The average Bonchev–Trinajstić information content (AvgIpc) is 3.73. The third kappa shape index (κ3) is 4.25. The number of hydrogen-bond acceptors (Lipinski definition) is 5. The van der Waals surface area contributed by atoms with Gasteiger partial charge in [0.2, 0.25) is 0 Å². The van der Waals surface area contributed by atoms with Gasteiger partial charge in [-0.05, 0) is 58.3 Å². The van der Waals surface area contributed by atoms with E-state index in [1.54, 1.807) is 0 Å². The standard InChI is InChI=1S/C43H27N3O2/c1-2-11-27(12-3-1)41-44-42(33-15-8-18-36-39(33)31-14-6-7-17-35(31)47-36)46-43(45-41)34-16-9-19-37-40(34)32-23-22-30(25-38(32)48-37)29-21-20-26-10-4-5-13-28(26)24-29/h1-25,43H,(H,44,45,46). The van der Waals surface area contributed by atoms with Gasteiger partial charge in [-0.15, -0.1) is 0 Å². The minimum atomic E-state index is -0.505. The molecular weight excluding hydrogens is 590 g/mol. The van der Waals surface area contributed by atoms with Crippen LogP contribution in [-0.2, 0) is 0 Å². The van der Waals surface area contributed by atoms with Crippen molar-refractivity contribution in [1.29, 1.82) is 0 Å². The van der Waals surface area contributed by atoms with Crippen molar-refractivity contribution in [2.75, 3.05) is 0 Å². The molecule has 1 aliphatic rings. The third-order valence-electron chi connectivity index (χ3n) is 9.33. The monoisotopic (exact) mass is 617 g/mol. The summed E-state index contributed by atoms with van der Waals surface area (Å²) in [5.41, 5.74) is 8.53. The molecule has 1 aliphatic heterocycles. The van der Waals surface area contributed by atoms with E-state index in [9.17, 15) is 0 Å². The largest absolute Gasteiger partial charge is 0.456 e. The van der Waals surface area contributed by atoms with Gasteiger partial charge in [0.25, 0.3) is 0 Å². The molecule has 7 aromatic carbocycles. The highest BCUT2D eigenvalue weighted by atomic mass is 16.3. The van der Waals surface area contributed by atoms with Crippen LogP contribution in [0.1, 0.15) is 22.9 Å². The van der Waals surface area contributed by atoms with E-state index in [1.807, 2.05) is 60.7 Å². The van der Waals surface area contributed by atoms with Crippen molar-refractivity contribution in [2.24, 2.45) is 9.98 Å². The van der Waals surface area contributed by atoms with E-state index in [0.717, 1.165) is 83.4 Å². The van der Waals surface area contributed by atoms with Crippen LogP contribution in [0.2, 0.25) is 0 Å². The van der Waals surface area contributed by atoms with Crippen molar-refractivity contribution in [3.63, 3.8) is 0 Å². The number of fused-ring (bicyclic) bond motifs is 7. The molecule has 0 fully saturated rings. The maximum absolute atomic E-state index is 6.53. The molecule has 9 aromatic rings. The maximum atomic E-state index is 6.53. The second kappa shape index (κ2) is 10.5. The molecule has 1 N–H and O–H groups in total. The third-order valence-corrected chi connectivity index (χ3v) is 9.33. The summed E-state index contributed by atoms with van der Waals surface area (Å²) in [5, 5.41) is 10.2. The Morgan fingerprint density at radius 2 is 1.10 bits per heavy atom. The first-order valence-corrected chi connectivity index (χ1v) is 16.1. The molecule has 0 saturated heterocycles. The summed E-state index contributed by atoms with van der Waals surface area (Å²) in [6.45, 7) is 0. The number of para-hydroxylation sites is 1. The Hall–Kier alpha value is -6.46. The topological polar surface area (TPSA) is 63.0 Å². The van der Waals surface area contributed by atoms with Crippen molar-refractivity contribution in [2.45, 2.75) is 6.17 Å². The molecule has 10 rings (SSSR count). The number of hydrogen-bond donors (Lipinski definition) is 1. The highest BCUT2D eigenvalue weighted by Gasteiger charge is 2.26. The number of aliphatic imine (C=N–C) groups is 2. The Bertz CT molecular complexity index is 2770. The second-order valence-corrected chi connectivity index (χ2v) is 12.2. The van der Waals surface area contributed by atoms with Crippen LogP contribution < -0.4 is 5.32 Å². The van der Waals surface area contributed by atoms with Crippen molar-refractivity contribution in [3.05, 3.63) is 168 Å². The van der Waals surface area contributed by atoms with Crippen LogP contribution >= 0.6 is 0 Å². The minimum absolute atomic E-state index is 0.505. The van der Waals surface area contributed by atoms with E-state index in [4.69, 9.17) is 18.8 Å². The maximum Gasteiger partial charge on any atom is 0.170 e. The molecule has 3 heterocycles. The van der Waals surface area contributed by atoms with Crippen molar-refractivity contribution in [3.8, 4) is 11.1 Å². The average molecular weight is 618 g/mol. The number of furan rings is 2. The Balaban J connectivity index is 1.15. The van der Waals surface area contributed by atoms with Gasteiger partial charge in [0, 0.05) is 38.2 Å². The Kier molecular flexibility index (Phi) is 5.87. The van der Waals surface area contributed by atoms with E-state index in [-0.39, 0.29) is 0 Å². The lowest BCUT2D eigenvalue weighted by atomic mass is 9.98. The van der Waals surface area contributed by atoms with E-state index in [0.29, 0.717) is 0 Å². The van der Waals surface area contributed by atoms with Crippen LogP contribution in [0.3, 0.4) is 0 Å². The molecule has 0 radical (unpaired) electrons. The molecule has 226 valence electrons. The lowest BCUT2D eigenvalue weighted by Gasteiger charge is -2.23. The zero-order valence-electron chi connectivity index (χ0n) is 25.7. The lowest BCUT2D eigenvalue weighted by Crippen LogP contribution is -2.36. The molecule has 48 heavy (non-hydrogen) atoms. The fraction of sp³-hybridized carbons (Fsp3) is 0.0233. The number of amidine groups is 2. The first-order valence-electron chi connectivity index (χ1n) is 16.1. The Morgan fingerprint density at radius 1 is 0.438 bits per heavy atom. The summed E-state index contributed by atoms with van der Waals surface area (Å²) in [4.78, 5) is 10.5. The summed E-state index contributed by atoms with van der Waals surface area (Å²) in [7, 11) is 0. The second-order valence-electron chi connectivity index (χ2n) is 12.2. The van der Waals surface area contributed by atoms with E-state index >= 15 is 0 Å². The molecule has 5 nitrogen and oxygen atoms in total. The lowest BCUT2D eigenvalue weighted by molar-refractivity contribution is 0.668. The first kappa shape index (κ1) is 26.7. The molecule has 0 bridgehead atoms. The summed E-state index contributed by atoms with van der Waals surface area (Å²) in [6, 6.07) is 52.2. The van der Waals surface area contributed by atoms with Gasteiger partial charge in [-0.1, -0.05) is 115 Å². The number of nitrogens with zero attached hydrogens (tertiary/aromatic N) is 2. The highest BCUT2D eigenvalue weighted by molar-refractivity contribution is 6.23. The van der Waals surface area contributed by atoms with Crippen LogP contribution in [0.5, 0.6) is 0 Å². The fourth-order valence-electron chi connectivity index (χ4n) is 7.06. The summed E-state index contributed by atoms with van der Waals surface area (Å²) < 4.78 is 12.8. The molecule has 0 saturated carbocycles. The smallest absolute Gasteiger partial charge is 0.170 e. The predicted molar refractivity (Wildman–Crippen MR) is 196 cm³/mol. The molecule has 1 atom stereocenters. The van der Waals surface area contributed by atoms with E-state index in [1.165, 1.54) is 10.8 Å². The molecule has 5 heteroatoms. The van der Waals surface area contributed by atoms with Crippen LogP contribution in [0.15, 0.2) is 170 Å².